The molecule has 2 atom stereocenters. The monoisotopic (exact) mass is 244 g/mol. The Kier molecular flexibility index (Phi) is 2.49. The number of hydrogen-bond acceptors (Lipinski definition) is 2. The molecule has 1 aromatic rings. The first-order chi connectivity index (χ1) is 8.49. The summed E-state index contributed by atoms with van der Waals surface area (Å²) in [6, 6.07) is 8.81. The molecule has 0 aromatic heterocycles. The van der Waals surface area contributed by atoms with Gasteiger partial charge in [0, 0.05) is 6.04 Å². The molecule has 2 aliphatic rings. The van der Waals surface area contributed by atoms with E-state index >= 15 is 0 Å². The van der Waals surface area contributed by atoms with Crippen molar-refractivity contribution in [3.8, 4) is 0 Å². The molecule has 3 nitrogen and oxygen atoms in total. The van der Waals surface area contributed by atoms with Crippen LogP contribution in [0.3, 0.4) is 0 Å². The molecule has 1 amide bonds. The molecular formula is C15H20N2O. The van der Waals surface area contributed by atoms with E-state index in [-0.39, 0.29) is 17.5 Å². The Bertz CT molecular complexity index is 495. The van der Waals surface area contributed by atoms with Gasteiger partial charge in [-0.3, -0.25) is 10.1 Å². The lowest BCUT2D eigenvalue weighted by Crippen LogP contribution is -2.34. The van der Waals surface area contributed by atoms with Gasteiger partial charge in [0.25, 0.3) is 0 Å². The molecule has 1 aromatic carbocycles. The molecule has 3 heteroatoms. The Balaban J connectivity index is 1.90. The van der Waals surface area contributed by atoms with Crippen LogP contribution in [-0.2, 0) is 4.79 Å². The predicted molar refractivity (Wildman–Crippen MR) is 71.0 cm³/mol. The van der Waals surface area contributed by atoms with Gasteiger partial charge in [-0.15, -0.1) is 0 Å². The molecule has 0 spiro atoms. The number of aryl methyl sites for hydroxylation is 1. The summed E-state index contributed by atoms with van der Waals surface area (Å²) in [5.74, 6) is 0.233. The van der Waals surface area contributed by atoms with E-state index in [2.05, 4.69) is 55.3 Å². The highest BCUT2D eigenvalue weighted by Gasteiger charge is 2.54. The molecule has 1 saturated carbocycles. The molecule has 2 fully saturated rings. The molecular weight excluding hydrogens is 224 g/mol. The predicted octanol–water partition coefficient (Wildman–Crippen LogP) is 2.22. The third kappa shape index (κ3) is 1.83. The van der Waals surface area contributed by atoms with Gasteiger partial charge in [0.2, 0.25) is 5.91 Å². The lowest BCUT2D eigenvalue weighted by molar-refractivity contribution is -0.129. The summed E-state index contributed by atoms with van der Waals surface area (Å²) in [6.07, 6.45) is 1.17. The highest BCUT2D eigenvalue weighted by atomic mass is 16.2. The summed E-state index contributed by atoms with van der Waals surface area (Å²) in [7, 11) is 0. The molecule has 1 aliphatic heterocycles. The summed E-state index contributed by atoms with van der Waals surface area (Å²) in [5, 5.41) is 3.34. The molecule has 96 valence electrons. The van der Waals surface area contributed by atoms with Crippen LogP contribution >= 0.6 is 0 Å². The Morgan fingerprint density at radius 3 is 2.72 bits per heavy atom. The van der Waals surface area contributed by atoms with E-state index in [0.29, 0.717) is 12.6 Å². The highest BCUT2D eigenvalue weighted by molar-refractivity contribution is 5.81. The second-order valence-electron chi connectivity index (χ2n) is 6.21. The number of rotatable bonds is 2. The van der Waals surface area contributed by atoms with E-state index in [0.717, 1.165) is 6.42 Å². The number of carbonyl (C=O) groups is 1. The fourth-order valence-corrected chi connectivity index (χ4v) is 2.90. The summed E-state index contributed by atoms with van der Waals surface area (Å²) >= 11 is 0. The van der Waals surface area contributed by atoms with Crippen molar-refractivity contribution >= 4 is 5.91 Å². The van der Waals surface area contributed by atoms with E-state index in [1.54, 1.807) is 0 Å². The van der Waals surface area contributed by atoms with E-state index in [9.17, 15) is 4.79 Å². The fourth-order valence-electron chi connectivity index (χ4n) is 2.90. The van der Waals surface area contributed by atoms with Crippen molar-refractivity contribution < 1.29 is 4.79 Å². The van der Waals surface area contributed by atoms with Gasteiger partial charge in [-0.05, 0) is 24.3 Å². The standard InChI is InChI=1S/C15H20N2O/c1-10-5-4-6-11(7-10)14-16-9-13(18)17(14)12-8-15(12,2)3/h4-7,12,14,16H,8-9H2,1-3H3. The maximum Gasteiger partial charge on any atom is 0.238 e. The Labute approximate surface area is 108 Å². The number of benzene rings is 1. The minimum absolute atomic E-state index is 0.0594. The SMILES string of the molecule is Cc1cccc(C2NCC(=O)N2C2CC2(C)C)c1. The first-order valence-electron chi connectivity index (χ1n) is 6.60. The van der Waals surface area contributed by atoms with Crippen LogP contribution in [0.15, 0.2) is 24.3 Å². The van der Waals surface area contributed by atoms with Crippen molar-refractivity contribution in [1.29, 1.82) is 0 Å². The van der Waals surface area contributed by atoms with Crippen molar-refractivity contribution in [1.82, 2.24) is 10.2 Å². The number of hydrogen-bond donors (Lipinski definition) is 1. The largest absolute Gasteiger partial charge is 0.318 e. The average molecular weight is 244 g/mol. The van der Waals surface area contributed by atoms with Crippen LogP contribution in [0.25, 0.3) is 0 Å². The van der Waals surface area contributed by atoms with Crippen LogP contribution in [0.2, 0.25) is 0 Å². The van der Waals surface area contributed by atoms with Crippen molar-refractivity contribution in [3.63, 3.8) is 0 Å². The van der Waals surface area contributed by atoms with Crippen LogP contribution in [-0.4, -0.2) is 23.4 Å². The number of nitrogens with one attached hydrogen (secondary N) is 1. The lowest BCUT2D eigenvalue weighted by atomic mass is 10.1. The van der Waals surface area contributed by atoms with Crippen LogP contribution in [0.4, 0.5) is 0 Å². The normalized spacial score (nSPS) is 29.7. The Morgan fingerprint density at radius 1 is 1.39 bits per heavy atom. The molecule has 2 unspecified atom stereocenters. The fraction of sp³-hybridized carbons (Fsp3) is 0.533. The van der Waals surface area contributed by atoms with Gasteiger partial charge in [-0.2, -0.15) is 0 Å². The number of nitrogens with zero attached hydrogens (tertiary/aromatic N) is 1. The molecule has 1 heterocycles. The van der Waals surface area contributed by atoms with E-state index in [4.69, 9.17) is 0 Å². The molecule has 0 bridgehead atoms. The van der Waals surface area contributed by atoms with Gasteiger partial charge in [0.1, 0.15) is 6.17 Å². The molecule has 1 saturated heterocycles. The summed E-state index contributed by atoms with van der Waals surface area (Å²) < 4.78 is 0. The topological polar surface area (TPSA) is 32.3 Å². The second-order valence-corrected chi connectivity index (χ2v) is 6.21. The van der Waals surface area contributed by atoms with Gasteiger partial charge in [-0.25, -0.2) is 0 Å². The van der Waals surface area contributed by atoms with Crippen molar-refractivity contribution in [2.45, 2.75) is 39.4 Å². The first-order valence-corrected chi connectivity index (χ1v) is 6.60. The number of carbonyl (C=O) groups excluding carboxylic acids is 1. The van der Waals surface area contributed by atoms with Crippen LogP contribution in [0, 0.1) is 12.3 Å². The van der Waals surface area contributed by atoms with Gasteiger partial charge in [-0.1, -0.05) is 43.7 Å². The van der Waals surface area contributed by atoms with E-state index in [1.165, 1.54) is 11.1 Å². The maximum absolute atomic E-state index is 12.1. The summed E-state index contributed by atoms with van der Waals surface area (Å²) in [6.45, 7) is 7.02. The molecule has 3 rings (SSSR count). The third-order valence-corrected chi connectivity index (χ3v) is 4.17. The first kappa shape index (κ1) is 11.7. The summed E-state index contributed by atoms with van der Waals surface area (Å²) in [4.78, 5) is 14.1. The van der Waals surface area contributed by atoms with Crippen molar-refractivity contribution in [3.05, 3.63) is 35.4 Å². The third-order valence-electron chi connectivity index (χ3n) is 4.17. The Hall–Kier alpha value is -1.35. The highest BCUT2D eigenvalue weighted by Crippen LogP contribution is 2.51. The van der Waals surface area contributed by atoms with Gasteiger partial charge in [0.05, 0.1) is 6.54 Å². The minimum atomic E-state index is 0.0594. The van der Waals surface area contributed by atoms with E-state index in [1.807, 2.05) is 0 Å². The van der Waals surface area contributed by atoms with Crippen LogP contribution < -0.4 is 5.32 Å². The van der Waals surface area contributed by atoms with Gasteiger partial charge < -0.3 is 4.90 Å². The van der Waals surface area contributed by atoms with Crippen LogP contribution in [0.1, 0.15) is 37.6 Å². The quantitative estimate of drug-likeness (QED) is 0.865. The average Bonchev–Trinajstić information content (AvgIpc) is 2.76. The zero-order valence-corrected chi connectivity index (χ0v) is 11.2. The van der Waals surface area contributed by atoms with Gasteiger partial charge >= 0.3 is 0 Å². The zero-order valence-electron chi connectivity index (χ0n) is 11.2. The molecule has 0 radical (unpaired) electrons. The Morgan fingerprint density at radius 2 is 2.11 bits per heavy atom. The van der Waals surface area contributed by atoms with Crippen molar-refractivity contribution in [2.24, 2.45) is 5.41 Å². The smallest absolute Gasteiger partial charge is 0.238 e. The number of amides is 1. The molecule has 1 aliphatic carbocycles. The van der Waals surface area contributed by atoms with Crippen molar-refractivity contribution in [2.75, 3.05) is 6.54 Å². The van der Waals surface area contributed by atoms with Crippen LogP contribution in [0.5, 0.6) is 0 Å². The molecule has 18 heavy (non-hydrogen) atoms. The lowest BCUT2D eigenvalue weighted by Gasteiger charge is -2.26. The minimum Gasteiger partial charge on any atom is -0.318 e. The second kappa shape index (κ2) is 3.82. The maximum atomic E-state index is 12.1. The molecule has 1 N–H and O–H groups in total. The van der Waals surface area contributed by atoms with Gasteiger partial charge in [0.15, 0.2) is 0 Å². The summed E-state index contributed by atoms with van der Waals surface area (Å²) in [5.41, 5.74) is 2.72. The van der Waals surface area contributed by atoms with E-state index < -0.39 is 0 Å². The zero-order chi connectivity index (χ0) is 12.9.